The number of rotatable bonds is 4. The maximum atomic E-state index is 14.7. The van der Waals surface area contributed by atoms with Crippen molar-refractivity contribution in [1.82, 2.24) is 5.16 Å². The van der Waals surface area contributed by atoms with Crippen LogP contribution in [-0.2, 0) is 0 Å². The van der Waals surface area contributed by atoms with Crippen LogP contribution in [0.15, 0.2) is 71.3 Å². The lowest BCUT2D eigenvalue weighted by Crippen LogP contribution is -1.91. The Balaban J connectivity index is 2.01. The molecule has 0 unspecified atom stereocenters. The van der Waals surface area contributed by atoms with Gasteiger partial charge in [0.05, 0.1) is 23.3 Å². The third-order valence-corrected chi connectivity index (χ3v) is 4.71. The predicted octanol–water partition coefficient (Wildman–Crippen LogP) is 6.62. The van der Waals surface area contributed by atoms with Crippen LogP contribution < -0.4 is 4.74 Å². The summed E-state index contributed by atoms with van der Waals surface area (Å²) < 4.78 is 39.9. The third kappa shape index (κ3) is 3.14. The van der Waals surface area contributed by atoms with Crippen molar-refractivity contribution >= 4 is 11.6 Å². The van der Waals surface area contributed by atoms with E-state index >= 15 is 0 Å². The molecule has 140 valence electrons. The molecule has 0 spiro atoms. The quantitative estimate of drug-likeness (QED) is 0.388. The highest BCUT2D eigenvalue weighted by Crippen LogP contribution is 2.43. The second-order valence-electron chi connectivity index (χ2n) is 6.04. The molecule has 3 aromatic carbocycles. The fourth-order valence-corrected chi connectivity index (χ4v) is 3.26. The van der Waals surface area contributed by atoms with Crippen molar-refractivity contribution in [2.45, 2.75) is 0 Å². The average Bonchev–Trinajstić information content (AvgIpc) is 3.12. The first-order chi connectivity index (χ1) is 13.6. The lowest BCUT2D eigenvalue weighted by Gasteiger charge is -2.08. The van der Waals surface area contributed by atoms with Gasteiger partial charge in [0.1, 0.15) is 23.1 Å². The van der Waals surface area contributed by atoms with Gasteiger partial charge in [-0.05, 0) is 24.3 Å². The van der Waals surface area contributed by atoms with Crippen molar-refractivity contribution in [3.05, 3.63) is 83.4 Å². The molecule has 0 aliphatic heterocycles. The molecule has 0 saturated carbocycles. The van der Waals surface area contributed by atoms with Gasteiger partial charge in [0.25, 0.3) is 0 Å². The van der Waals surface area contributed by atoms with E-state index in [1.165, 1.54) is 25.3 Å². The van der Waals surface area contributed by atoms with Crippen molar-refractivity contribution in [2.24, 2.45) is 0 Å². The van der Waals surface area contributed by atoms with E-state index in [1.807, 2.05) is 0 Å². The Kier molecular flexibility index (Phi) is 4.84. The first-order valence-corrected chi connectivity index (χ1v) is 8.81. The molecule has 0 aliphatic rings. The fourth-order valence-electron chi connectivity index (χ4n) is 3.03. The number of ether oxygens (including phenoxy) is 1. The minimum Gasteiger partial charge on any atom is -0.497 e. The summed E-state index contributed by atoms with van der Waals surface area (Å²) in [4.78, 5) is 0. The Morgan fingerprint density at radius 1 is 0.857 bits per heavy atom. The molecule has 0 fully saturated rings. The van der Waals surface area contributed by atoms with E-state index in [4.69, 9.17) is 20.9 Å². The normalized spacial score (nSPS) is 10.9. The number of methoxy groups -OCH3 is 1. The Morgan fingerprint density at radius 2 is 1.57 bits per heavy atom. The van der Waals surface area contributed by atoms with Gasteiger partial charge < -0.3 is 9.26 Å². The van der Waals surface area contributed by atoms with Crippen molar-refractivity contribution in [1.29, 1.82) is 0 Å². The zero-order valence-electron chi connectivity index (χ0n) is 14.7. The molecule has 1 heterocycles. The van der Waals surface area contributed by atoms with Gasteiger partial charge in [-0.1, -0.05) is 53.2 Å². The maximum Gasteiger partial charge on any atom is 0.178 e. The van der Waals surface area contributed by atoms with Gasteiger partial charge in [-0.25, -0.2) is 8.78 Å². The summed E-state index contributed by atoms with van der Waals surface area (Å²) in [6.07, 6.45) is 0. The number of aromatic nitrogens is 1. The van der Waals surface area contributed by atoms with Crippen LogP contribution in [-0.4, -0.2) is 12.3 Å². The van der Waals surface area contributed by atoms with Gasteiger partial charge in [0.2, 0.25) is 0 Å². The second-order valence-corrected chi connectivity index (χ2v) is 6.45. The van der Waals surface area contributed by atoms with Crippen LogP contribution in [0.5, 0.6) is 5.75 Å². The average molecular weight is 398 g/mol. The van der Waals surface area contributed by atoms with E-state index in [9.17, 15) is 8.78 Å². The summed E-state index contributed by atoms with van der Waals surface area (Å²) in [6.45, 7) is 0. The fraction of sp³-hybridized carbons (Fsp3) is 0.0455. The topological polar surface area (TPSA) is 35.3 Å². The lowest BCUT2D eigenvalue weighted by atomic mass is 9.95. The van der Waals surface area contributed by atoms with E-state index in [0.29, 0.717) is 27.6 Å². The highest BCUT2D eigenvalue weighted by molar-refractivity contribution is 6.33. The molecule has 0 amide bonds. The monoisotopic (exact) mass is 397 g/mol. The van der Waals surface area contributed by atoms with Gasteiger partial charge >= 0.3 is 0 Å². The number of hydrogen-bond donors (Lipinski definition) is 0. The molecule has 4 rings (SSSR count). The predicted molar refractivity (Wildman–Crippen MR) is 104 cm³/mol. The zero-order valence-corrected chi connectivity index (χ0v) is 15.5. The smallest absolute Gasteiger partial charge is 0.178 e. The molecule has 4 aromatic rings. The van der Waals surface area contributed by atoms with E-state index in [-0.39, 0.29) is 16.9 Å². The molecule has 0 radical (unpaired) electrons. The van der Waals surface area contributed by atoms with Crippen LogP contribution in [0, 0.1) is 11.6 Å². The van der Waals surface area contributed by atoms with Crippen LogP contribution in [0.4, 0.5) is 8.78 Å². The van der Waals surface area contributed by atoms with E-state index in [1.54, 1.807) is 48.5 Å². The first-order valence-electron chi connectivity index (χ1n) is 8.43. The third-order valence-electron chi connectivity index (χ3n) is 4.39. The van der Waals surface area contributed by atoms with Crippen molar-refractivity contribution in [3.8, 4) is 39.5 Å². The van der Waals surface area contributed by atoms with E-state index in [2.05, 4.69) is 5.16 Å². The van der Waals surface area contributed by atoms with E-state index in [0.717, 1.165) is 0 Å². The second kappa shape index (κ2) is 7.44. The SMILES string of the molecule is COc1ccc(-c2onc(-c3ccccc3Cl)c2-c2ccccc2F)c(F)c1. The molecule has 0 saturated heterocycles. The van der Waals surface area contributed by atoms with Crippen LogP contribution in [0.3, 0.4) is 0 Å². The van der Waals surface area contributed by atoms with Crippen LogP contribution in [0.2, 0.25) is 5.02 Å². The highest BCUT2D eigenvalue weighted by Gasteiger charge is 2.25. The largest absolute Gasteiger partial charge is 0.497 e. The Morgan fingerprint density at radius 3 is 2.25 bits per heavy atom. The minimum absolute atomic E-state index is 0.111. The van der Waals surface area contributed by atoms with Gasteiger partial charge in [0, 0.05) is 17.2 Å². The Bertz CT molecular complexity index is 1160. The van der Waals surface area contributed by atoms with Crippen molar-refractivity contribution < 1.29 is 18.0 Å². The Labute approximate surface area is 165 Å². The molecule has 1 aromatic heterocycles. The summed E-state index contributed by atoms with van der Waals surface area (Å²) in [5.74, 6) is -0.576. The van der Waals surface area contributed by atoms with Crippen molar-refractivity contribution in [2.75, 3.05) is 7.11 Å². The number of halogens is 3. The maximum absolute atomic E-state index is 14.7. The van der Waals surface area contributed by atoms with Crippen molar-refractivity contribution in [3.63, 3.8) is 0 Å². The van der Waals surface area contributed by atoms with Gasteiger partial charge in [0.15, 0.2) is 5.76 Å². The molecular weight excluding hydrogens is 384 g/mol. The summed E-state index contributed by atoms with van der Waals surface area (Å²) in [6, 6.07) is 17.5. The first kappa shape index (κ1) is 18.2. The molecular formula is C22H14ClF2NO2. The summed E-state index contributed by atoms with van der Waals surface area (Å²) in [5, 5.41) is 4.53. The van der Waals surface area contributed by atoms with Gasteiger partial charge in [-0.2, -0.15) is 0 Å². The summed E-state index contributed by atoms with van der Waals surface area (Å²) in [7, 11) is 1.45. The molecule has 0 atom stereocenters. The van der Waals surface area contributed by atoms with Crippen LogP contribution in [0.25, 0.3) is 33.7 Å². The number of hydrogen-bond acceptors (Lipinski definition) is 3. The number of nitrogens with zero attached hydrogens (tertiary/aromatic N) is 1. The molecule has 28 heavy (non-hydrogen) atoms. The molecule has 0 aliphatic carbocycles. The zero-order chi connectivity index (χ0) is 19.7. The standard InChI is InChI=1S/C22H14ClF2NO2/c1-27-13-10-11-16(19(25)12-13)22-20(15-7-3-5-9-18(15)24)21(26-28-22)14-6-2-4-8-17(14)23/h2-12H,1H3. The molecule has 6 heteroatoms. The summed E-state index contributed by atoms with van der Waals surface area (Å²) in [5.41, 5.74) is 1.61. The molecule has 0 bridgehead atoms. The van der Waals surface area contributed by atoms with Gasteiger partial charge in [-0.3, -0.25) is 0 Å². The number of benzene rings is 3. The van der Waals surface area contributed by atoms with E-state index < -0.39 is 11.6 Å². The van der Waals surface area contributed by atoms with Crippen LogP contribution in [0.1, 0.15) is 0 Å². The molecule has 0 N–H and O–H groups in total. The Hall–Kier alpha value is -3.18. The van der Waals surface area contributed by atoms with Gasteiger partial charge in [-0.15, -0.1) is 0 Å². The van der Waals surface area contributed by atoms with Crippen LogP contribution >= 0.6 is 11.6 Å². The molecule has 3 nitrogen and oxygen atoms in total. The summed E-state index contributed by atoms with van der Waals surface area (Å²) >= 11 is 6.32. The highest BCUT2D eigenvalue weighted by atomic mass is 35.5. The minimum atomic E-state index is -0.571. The lowest BCUT2D eigenvalue weighted by molar-refractivity contribution is 0.410.